The van der Waals surface area contributed by atoms with Gasteiger partial charge in [-0.2, -0.15) is 0 Å². The average Bonchev–Trinajstić information content (AvgIpc) is 2.36. The summed E-state index contributed by atoms with van der Waals surface area (Å²) >= 11 is 0. The lowest BCUT2D eigenvalue weighted by Gasteiger charge is -2.14. The van der Waals surface area contributed by atoms with Crippen LogP contribution in [0.4, 0.5) is 0 Å². The predicted molar refractivity (Wildman–Crippen MR) is 68.9 cm³/mol. The van der Waals surface area contributed by atoms with Crippen molar-refractivity contribution in [2.45, 2.75) is 19.8 Å². The van der Waals surface area contributed by atoms with Crippen LogP contribution in [-0.4, -0.2) is 19.2 Å². The molecule has 0 saturated heterocycles. The molecule has 17 heavy (non-hydrogen) atoms. The molecule has 0 radical (unpaired) electrons. The Balaban J connectivity index is 2.85. The summed E-state index contributed by atoms with van der Waals surface area (Å²) in [6.07, 6.45) is 1.87. The molecule has 0 aliphatic rings. The monoisotopic (exact) mass is 231 g/mol. The highest BCUT2D eigenvalue weighted by atomic mass is 16.5. The van der Waals surface area contributed by atoms with E-state index in [4.69, 9.17) is 9.47 Å². The summed E-state index contributed by atoms with van der Waals surface area (Å²) in [6.45, 7) is 4.30. The fraction of sp³-hybridized carbons (Fsp3) is 0.357. The van der Waals surface area contributed by atoms with E-state index in [2.05, 4.69) is 18.8 Å². The van der Waals surface area contributed by atoms with E-state index in [0.717, 1.165) is 16.5 Å². The Hall–Kier alpha value is -1.77. The number of nitrogens with zero attached hydrogens (tertiary/aromatic N) is 1. The topological polar surface area (TPSA) is 31.4 Å². The van der Waals surface area contributed by atoms with Crippen molar-refractivity contribution < 1.29 is 9.47 Å². The van der Waals surface area contributed by atoms with Crippen LogP contribution in [0, 0.1) is 0 Å². The van der Waals surface area contributed by atoms with Crippen LogP contribution in [0.1, 0.15) is 25.3 Å². The van der Waals surface area contributed by atoms with Crippen LogP contribution < -0.4 is 9.47 Å². The van der Waals surface area contributed by atoms with E-state index in [9.17, 15) is 0 Å². The molecule has 0 aliphatic carbocycles. The fourth-order valence-corrected chi connectivity index (χ4v) is 2.04. The molecule has 0 aliphatic heterocycles. The lowest BCUT2D eigenvalue weighted by molar-refractivity contribution is 0.401. The highest BCUT2D eigenvalue weighted by molar-refractivity contribution is 5.94. The van der Waals surface area contributed by atoms with Gasteiger partial charge in [0.2, 0.25) is 5.88 Å². The molecule has 0 amide bonds. The Morgan fingerprint density at radius 1 is 1.12 bits per heavy atom. The van der Waals surface area contributed by atoms with Crippen molar-refractivity contribution in [3.05, 3.63) is 30.0 Å². The number of benzene rings is 1. The summed E-state index contributed by atoms with van der Waals surface area (Å²) in [5, 5.41) is 2.09. The van der Waals surface area contributed by atoms with Crippen molar-refractivity contribution in [2.75, 3.05) is 14.2 Å². The van der Waals surface area contributed by atoms with E-state index in [1.54, 1.807) is 14.2 Å². The van der Waals surface area contributed by atoms with Crippen LogP contribution in [0.15, 0.2) is 24.4 Å². The van der Waals surface area contributed by atoms with Gasteiger partial charge in [-0.15, -0.1) is 0 Å². The zero-order valence-corrected chi connectivity index (χ0v) is 10.7. The first-order chi connectivity index (χ1) is 8.19. The first kappa shape index (κ1) is 11.7. The standard InChI is InChI=1S/C14H17NO2/c1-9(2)11-8-15-14(17-4)10-6-5-7-12(16-3)13(10)11/h5-9H,1-4H3. The van der Waals surface area contributed by atoms with Gasteiger partial charge in [0.05, 0.1) is 14.2 Å². The maximum Gasteiger partial charge on any atom is 0.221 e. The Kier molecular flexibility index (Phi) is 3.18. The molecule has 2 aromatic rings. The Morgan fingerprint density at radius 3 is 2.47 bits per heavy atom. The van der Waals surface area contributed by atoms with Crippen molar-refractivity contribution in [1.82, 2.24) is 4.98 Å². The van der Waals surface area contributed by atoms with Gasteiger partial charge in [-0.1, -0.05) is 19.9 Å². The molecular formula is C14H17NO2. The van der Waals surface area contributed by atoms with Crippen LogP contribution in [0.3, 0.4) is 0 Å². The van der Waals surface area contributed by atoms with Gasteiger partial charge in [0.1, 0.15) is 5.75 Å². The van der Waals surface area contributed by atoms with Crippen LogP contribution in [-0.2, 0) is 0 Å². The largest absolute Gasteiger partial charge is 0.496 e. The number of aromatic nitrogens is 1. The number of hydrogen-bond acceptors (Lipinski definition) is 3. The summed E-state index contributed by atoms with van der Waals surface area (Å²) in [5.74, 6) is 1.91. The number of fused-ring (bicyclic) bond motifs is 1. The van der Waals surface area contributed by atoms with Crippen LogP contribution in [0.2, 0.25) is 0 Å². The van der Waals surface area contributed by atoms with Gasteiger partial charge in [0, 0.05) is 17.0 Å². The van der Waals surface area contributed by atoms with Gasteiger partial charge >= 0.3 is 0 Å². The van der Waals surface area contributed by atoms with Crippen LogP contribution in [0.5, 0.6) is 11.6 Å². The second-order valence-electron chi connectivity index (χ2n) is 4.26. The summed E-state index contributed by atoms with van der Waals surface area (Å²) in [6, 6.07) is 5.93. The summed E-state index contributed by atoms with van der Waals surface area (Å²) in [4.78, 5) is 4.34. The van der Waals surface area contributed by atoms with Crippen molar-refractivity contribution in [1.29, 1.82) is 0 Å². The first-order valence-electron chi connectivity index (χ1n) is 5.68. The van der Waals surface area contributed by atoms with E-state index < -0.39 is 0 Å². The molecule has 0 spiro atoms. The van der Waals surface area contributed by atoms with E-state index >= 15 is 0 Å². The number of hydrogen-bond donors (Lipinski definition) is 0. The molecule has 0 fully saturated rings. The van der Waals surface area contributed by atoms with Gasteiger partial charge in [0.15, 0.2) is 0 Å². The Morgan fingerprint density at radius 2 is 1.88 bits per heavy atom. The molecule has 0 saturated carbocycles. The van der Waals surface area contributed by atoms with Crippen molar-refractivity contribution >= 4 is 10.8 Å². The van der Waals surface area contributed by atoms with Gasteiger partial charge < -0.3 is 9.47 Å². The molecule has 2 rings (SSSR count). The van der Waals surface area contributed by atoms with E-state index in [0.29, 0.717) is 11.8 Å². The molecule has 1 aromatic carbocycles. The maximum atomic E-state index is 5.43. The molecule has 0 N–H and O–H groups in total. The third-order valence-electron chi connectivity index (χ3n) is 2.90. The molecule has 3 heteroatoms. The molecule has 1 heterocycles. The zero-order valence-electron chi connectivity index (χ0n) is 10.7. The minimum Gasteiger partial charge on any atom is -0.496 e. The highest BCUT2D eigenvalue weighted by Gasteiger charge is 2.14. The van der Waals surface area contributed by atoms with E-state index in [-0.39, 0.29) is 0 Å². The summed E-state index contributed by atoms with van der Waals surface area (Å²) < 4.78 is 10.7. The van der Waals surface area contributed by atoms with E-state index in [1.807, 2.05) is 24.4 Å². The third kappa shape index (κ3) is 1.93. The molecular weight excluding hydrogens is 214 g/mol. The minimum absolute atomic E-state index is 0.396. The fourth-order valence-electron chi connectivity index (χ4n) is 2.04. The average molecular weight is 231 g/mol. The Labute approximate surface area is 101 Å². The summed E-state index contributed by atoms with van der Waals surface area (Å²) in [7, 11) is 3.32. The normalized spacial score (nSPS) is 10.9. The second kappa shape index (κ2) is 4.62. The van der Waals surface area contributed by atoms with Crippen molar-refractivity contribution in [3.63, 3.8) is 0 Å². The van der Waals surface area contributed by atoms with Gasteiger partial charge in [-0.3, -0.25) is 0 Å². The van der Waals surface area contributed by atoms with Crippen molar-refractivity contribution in [3.8, 4) is 11.6 Å². The molecule has 3 nitrogen and oxygen atoms in total. The quantitative estimate of drug-likeness (QED) is 0.811. The third-order valence-corrected chi connectivity index (χ3v) is 2.90. The van der Waals surface area contributed by atoms with Crippen molar-refractivity contribution in [2.24, 2.45) is 0 Å². The molecule has 90 valence electrons. The second-order valence-corrected chi connectivity index (χ2v) is 4.26. The summed E-state index contributed by atoms with van der Waals surface area (Å²) in [5.41, 5.74) is 1.18. The zero-order chi connectivity index (χ0) is 12.4. The smallest absolute Gasteiger partial charge is 0.221 e. The highest BCUT2D eigenvalue weighted by Crippen LogP contribution is 2.36. The first-order valence-corrected chi connectivity index (χ1v) is 5.68. The lowest BCUT2D eigenvalue weighted by atomic mass is 9.98. The van der Waals surface area contributed by atoms with E-state index in [1.165, 1.54) is 5.56 Å². The van der Waals surface area contributed by atoms with Gasteiger partial charge in [-0.05, 0) is 23.6 Å². The lowest BCUT2D eigenvalue weighted by Crippen LogP contribution is -1.97. The number of rotatable bonds is 3. The molecule has 1 aromatic heterocycles. The predicted octanol–water partition coefficient (Wildman–Crippen LogP) is 3.38. The SMILES string of the molecule is COc1ncc(C(C)C)c2c(OC)cccc12. The molecule has 0 unspecified atom stereocenters. The maximum absolute atomic E-state index is 5.43. The number of pyridine rings is 1. The molecule has 0 atom stereocenters. The molecule has 0 bridgehead atoms. The van der Waals surface area contributed by atoms with Crippen LogP contribution >= 0.6 is 0 Å². The number of methoxy groups -OCH3 is 2. The number of ether oxygens (including phenoxy) is 2. The van der Waals surface area contributed by atoms with Gasteiger partial charge in [-0.25, -0.2) is 4.98 Å². The minimum atomic E-state index is 0.396. The Bertz CT molecular complexity index is 535. The van der Waals surface area contributed by atoms with Gasteiger partial charge in [0.25, 0.3) is 0 Å². The van der Waals surface area contributed by atoms with Crippen LogP contribution in [0.25, 0.3) is 10.8 Å².